The van der Waals surface area contributed by atoms with Gasteiger partial charge < -0.3 is 10.4 Å². The Labute approximate surface area is 119 Å². The van der Waals surface area contributed by atoms with Crippen LogP contribution < -0.4 is 5.32 Å². The molecule has 3 nitrogen and oxygen atoms in total. The molecule has 1 aliphatic rings. The Morgan fingerprint density at radius 2 is 1.71 bits per heavy atom. The summed E-state index contributed by atoms with van der Waals surface area (Å²) in [6.45, 7) is -0.222. The van der Waals surface area contributed by atoms with Crippen molar-refractivity contribution in [2.24, 2.45) is 5.92 Å². The number of hydrogen-bond acceptors (Lipinski definition) is 2. The van der Waals surface area contributed by atoms with Gasteiger partial charge in [-0.2, -0.15) is 0 Å². The summed E-state index contributed by atoms with van der Waals surface area (Å²) in [4.78, 5) is 11.7. The fourth-order valence-corrected chi connectivity index (χ4v) is 2.57. The van der Waals surface area contributed by atoms with Crippen molar-refractivity contribution >= 4 is 5.91 Å². The molecule has 0 radical (unpaired) electrons. The second-order valence-electron chi connectivity index (χ2n) is 5.17. The quantitative estimate of drug-likeness (QED) is 0.663. The lowest BCUT2D eigenvalue weighted by molar-refractivity contribution is 0.0831. The molecule has 1 saturated carbocycles. The summed E-state index contributed by atoms with van der Waals surface area (Å²) in [7, 11) is 0. The average molecular weight is 305 g/mol. The second-order valence-corrected chi connectivity index (χ2v) is 5.17. The van der Waals surface area contributed by atoms with Crippen LogP contribution in [-0.2, 0) is 0 Å². The maximum absolute atomic E-state index is 13.4. The van der Waals surface area contributed by atoms with Crippen molar-refractivity contribution in [1.82, 2.24) is 5.32 Å². The largest absolute Gasteiger partial charge is 0.391 e. The van der Waals surface area contributed by atoms with E-state index in [9.17, 15) is 27.5 Å². The third-order valence-corrected chi connectivity index (χ3v) is 3.75. The van der Waals surface area contributed by atoms with E-state index in [1.54, 1.807) is 0 Å². The maximum Gasteiger partial charge on any atom is 0.257 e. The van der Waals surface area contributed by atoms with Crippen LogP contribution in [0.2, 0.25) is 0 Å². The molecule has 2 N–H and O–H groups in total. The molecule has 0 spiro atoms. The van der Waals surface area contributed by atoms with Gasteiger partial charge >= 0.3 is 0 Å². The molecule has 1 amide bonds. The molecule has 1 aromatic rings. The molecule has 1 unspecified atom stereocenters. The lowest BCUT2D eigenvalue weighted by Gasteiger charge is -2.18. The number of rotatable bonds is 4. The first-order chi connectivity index (χ1) is 9.91. The fourth-order valence-electron chi connectivity index (χ4n) is 2.57. The molecule has 1 aromatic carbocycles. The first-order valence-corrected chi connectivity index (χ1v) is 6.71. The highest BCUT2D eigenvalue weighted by Crippen LogP contribution is 2.27. The molecular formula is C14H15F4NO2. The third kappa shape index (κ3) is 3.34. The predicted octanol–water partition coefficient (Wildman–Crippen LogP) is 2.52. The van der Waals surface area contributed by atoms with Gasteiger partial charge in [0.15, 0.2) is 23.3 Å². The lowest BCUT2D eigenvalue weighted by atomic mass is 10.0. The van der Waals surface area contributed by atoms with Crippen LogP contribution in [0.15, 0.2) is 6.07 Å². The van der Waals surface area contributed by atoms with Gasteiger partial charge in [0, 0.05) is 12.6 Å². The van der Waals surface area contributed by atoms with Gasteiger partial charge in [-0.15, -0.1) is 0 Å². The Morgan fingerprint density at radius 1 is 1.19 bits per heavy atom. The first-order valence-electron chi connectivity index (χ1n) is 6.71. The summed E-state index contributed by atoms with van der Waals surface area (Å²) in [5, 5.41) is 12.0. The van der Waals surface area contributed by atoms with Crippen molar-refractivity contribution in [2.45, 2.75) is 31.8 Å². The summed E-state index contributed by atoms with van der Waals surface area (Å²) >= 11 is 0. The van der Waals surface area contributed by atoms with E-state index in [-0.39, 0.29) is 18.5 Å². The molecule has 0 aliphatic heterocycles. The molecule has 2 rings (SSSR count). The highest BCUT2D eigenvalue weighted by atomic mass is 19.2. The molecular weight excluding hydrogens is 290 g/mol. The summed E-state index contributed by atoms with van der Waals surface area (Å²) in [6.07, 6.45) is 2.74. The number of halogens is 4. The Morgan fingerprint density at radius 3 is 2.24 bits per heavy atom. The number of aliphatic hydroxyl groups excluding tert-OH is 1. The minimum Gasteiger partial charge on any atom is -0.391 e. The van der Waals surface area contributed by atoms with Crippen LogP contribution >= 0.6 is 0 Å². The topological polar surface area (TPSA) is 49.3 Å². The molecule has 116 valence electrons. The molecule has 0 saturated heterocycles. The Bertz CT molecular complexity index is 518. The number of carbonyl (C=O) groups excluding carboxylic acids is 1. The monoisotopic (exact) mass is 305 g/mol. The van der Waals surface area contributed by atoms with E-state index in [1.165, 1.54) is 0 Å². The number of aliphatic hydroxyl groups is 1. The molecule has 0 bridgehead atoms. The van der Waals surface area contributed by atoms with E-state index in [1.807, 2.05) is 0 Å². The van der Waals surface area contributed by atoms with E-state index in [0.29, 0.717) is 0 Å². The van der Waals surface area contributed by atoms with Crippen molar-refractivity contribution in [3.8, 4) is 0 Å². The predicted molar refractivity (Wildman–Crippen MR) is 66.6 cm³/mol. The minimum atomic E-state index is -1.75. The zero-order chi connectivity index (χ0) is 15.6. The molecule has 7 heteroatoms. The highest BCUT2D eigenvalue weighted by Gasteiger charge is 2.27. The maximum atomic E-state index is 13.4. The lowest BCUT2D eigenvalue weighted by Crippen LogP contribution is -2.36. The molecule has 1 fully saturated rings. The van der Waals surface area contributed by atoms with Gasteiger partial charge in [-0.3, -0.25) is 4.79 Å². The van der Waals surface area contributed by atoms with E-state index in [0.717, 1.165) is 25.7 Å². The number of benzene rings is 1. The van der Waals surface area contributed by atoms with Gasteiger partial charge in [-0.25, -0.2) is 17.6 Å². The summed E-state index contributed by atoms with van der Waals surface area (Å²) in [5.41, 5.74) is -1.31. The van der Waals surface area contributed by atoms with Gasteiger partial charge in [0.05, 0.1) is 6.10 Å². The summed E-state index contributed by atoms with van der Waals surface area (Å²) in [5.74, 6) is -8.06. The smallest absolute Gasteiger partial charge is 0.257 e. The zero-order valence-electron chi connectivity index (χ0n) is 11.1. The number of nitrogens with one attached hydrogen (secondary N) is 1. The molecule has 1 atom stereocenters. The van der Waals surface area contributed by atoms with Crippen LogP contribution in [0.4, 0.5) is 17.6 Å². The molecule has 0 aromatic heterocycles. The van der Waals surface area contributed by atoms with Crippen LogP contribution in [-0.4, -0.2) is 23.7 Å². The highest BCUT2D eigenvalue weighted by molar-refractivity contribution is 5.94. The zero-order valence-corrected chi connectivity index (χ0v) is 11.1. The Kier molecular flexibility index (Phi) is 4.82. The minimum absolute atomic E-state index is 0.0178. The van der Waals surface area contributed by atoms with Crippen LogP contribution in [0.25, 0.3) is 0 Å². The molecule has 0 heterocycles. The SMILES string of the molecule is O=C(NCC(O)C1CCCC1)c1c(F)c(F)cc(F)c1F. The van der Waals surface area contributed by atoms with Crippen molar-refractivity contribution in [3.05, 3.63) is 34.9 Å². The van der Waals surface area contributed by atoms with E-state index >= 15 is 0 Å². The summed E-state index contributed by atoms with van der Waals surface area (Å²) in [6, 6.07) is 0.0365. The standard InChI is InChI=1S/C14H15F4NO2/c15-8-5-9(16)13(18)11(12(8)17)14(21)19-6-10(20)7-3-1-2-4-7/h5,7,10,20H,1-4,6H2,(H,19,21). The van der Waals surface area contributed by atoms with Crippen LogP contribution in [0.5, 0.6) is 0 Å². The van der Waals surface area contributed by atoms with E-state index in [4.69, 9.17) is 0 Å². The number of hydrogen-bond donors (Lipinski definition) is 2. The normalized spacial score (nSPS) is 17.0. The first kappa shape index (κ1) is 15.8. The van der Waals surface area contributed by atoms with Crippen LogP contribution in [0.1, 0.15) is 36.0 Å². The Balaban J connectivity index is 2.07. The van der Waals surface area contributed by atoms with Gasteiger partial charge in [0.1, 0.15) is 5.56 Å². The van der Waals surface area contributed by atoms with E-state index in [2.05, 4.69) is 5.32 Å². The fraction of sp³-hybridized carbons (Fsp3) is 0.500. The van der Waals surface area contributed by atoms with Gasteiger partial charge in [-0.1, -0.05) is 12.8 Å². The van der Waals surface area contributed by atoms with Crippen molar-refractivity contribution < 1.29 is 27.5 Å². The molecule has 21 heavy (non-hydrogen) atoms. The van der Waals surface area contributed by atoms with Crippen molar-refractivity contribution in [1.29, 1.82) is 0 Å². The van der Waals surface area contributed by atoms with E-state index < -0.39 is 40.8 Å². The Hall–Kier alpha value is -1.63. The van der Waals surface area contributed by atoms with Crippen LogP contribution in [0, 0.1) is 29.2 Å². The summed E-state index contributed by atoms with van der Waals surface area (Å²) < 4.78 is 52.9. The van der Waals surface area contributed by atoms with Crippen molar-refractivity contribution in [3.63, 3.8) is 0 Å². The third-order valence-electron chi connectivity index (χ3n) is 3.75. The second kappa shape index (κ2) is 6.43. The van der Waals surface area contributed by atoms with Gasteiger partial charge in [0.2, 0.25) is 0 Å². The number of carbonyl (C=O) groups is 1. The molecule has 1 aliphatic carbocycles. The van der Waals surface area contributed by atoms with Crippen LogP contribution in [0.3, 0.4) is 0 Å². The van der Waals surface area contributed by atoms with Gasteiger partial charge in [-0.05, 0) is 18.8 Å². The van der Waals surface area contributed by atoms with Crippen molar-refractivity contribution in [2.75, 3.05) is 6.54 Å². The average Bonchev–Trinajstić information content (AvgIpc) is 2.97. The van der Waals surface area contributed by atoms with Gasteiger partial charge in [0.25, 0.3) is 5.91 Å². The number of amides is 1.